The highest BCUT2D eigenvalue weighted by atomic mass is 32.2. The predicted molar refractivity (Wildman–Crippen MR) is 61.3 cm³/mol. The van der Waals surface area contributed by atoms with E-state index in [1.807, 2.05) is 6.07 Å². The molecular formula is C10H11N3O2S. The first kappa shape index (κ1) is 10.7. The van der Waals surface area contributed by atoms with Gasteiger partial charge in [0.15, 0.2) is 0 Å². The quantitative estimate of drug-likeness (QED) is 0.842. The number of rotatable bonds is 4. The number of benzene rings is 1. The fourth-order valence-corrected chi connectivity index (χ4v) is 2.41. The molecule has 0 amide bonds. The molecule has 0 radical (unpaired) electrons. The fourth-order valence-electron chi connectivity index (χ4n) is 1.30. The van der Waals surface area contributed by atoms with Crippen LogP contribution in [0.5, 0.6) is 0 Å². The van der Waals surface area contributed by atoms with Gasteiger partial charge in [0, 0.05) is 12.4 Å². The Bertz CT molecular complexity index is 535. The molecule has 0 spiro atoms. The van der Waals surface area contributed by atoms with E-state index in [2.05, 4.69) is 14.7 Å². The number of aromatic amines is 1. The monoisotopic (exact) mass is 237 g/mol. The second kappa shape index (κ2) is 4.36. The summed E-state index contributed by atoms with van der Waals surface area (Å²) in [4.78, 5) is 6.47. The molecule has 1 heterocycles. The van der Waals surface area contributed by atoms with Crippen molar-refractivity contribution in [3.63, 3.8) is 0 Å². The summed E-state index contributed by atoms with van der Waals surface area (Å²) >= 11 is 0. The van der Waals surface area contributed by atoms with Gasteiger partial charge in [-0.05, 0) is 5.56 Å². The number of H-pyrrole nitrogens is 1. The number of hydrogen-bond acceptors (Lipinski definition) is 3. The van der Waals surface area contributed by atoms with Crippen LogP contribution in [0.15, 0.2) is 42.7 Å². The Kier molecular flexibility index (Phi) is 2.91. The summed E-state index contributed by atoms with van der Waals surface area (Å²) in [5.41, 5.74) is 0.738. The van der Waals surface area contributed by atoms with Crippen molar-refractivity contribution in [3.05, 3.63) is 48.3 Å². The summed E-state index contributed by atoms with van der Waals surface area (Å²) in [5.74, 6) is 0.171. The number of imidazole rings is 1. The van der Waals surface area contributed by atoms with Gasteiger partial charge in [0.1, 0.15) is 0 Å². The summed E-state index contributed by atoms with van der Waals surface area (Å²) in [6.07, 6.45) is 3.04. The molecule has 0 saturated heterocycles. The van der Waals surface area contributed by atoms with Crippen LogP contribution in [0.1, 0.15) is 5.56 Å². The minimum absolute atomic E-state index is 0.0610. The minimum atomic E-state index is -3.40. The molecule has 84 valence electrons. The highest BCUT2D eigenvalue weighted by molar-refractivity contribution is 7.91. The normalized spacial score (nSPS) is 11.2. The molecule has 1 aromatic carbocycles. The number of nitrogens with zero attached hydrogens (tertiary/aromatic N) is 1. The lowest BCUT2D eigenvalue weighted by Crippen LogP contribution is -2.15. The zero-order valence-corrected chi connectivity index (χ0v) is 9.24. The van der Waals surface area contributed by atoms with Crippen LogP contribution in [0.4, 0.5) is 5.95 Å². The smallest absolute Gasteiger partial charge is 0.239 e. The first-order valence-electron chi connectivity index (χ1n) is 4.69. The van der Waals surface area contributed by atoms with Crippen molar-refractivity contribution in [1.29, 1.82) is 0 Å². The van der Waals surface area contributed by atoms with E-state index in [0.29, 0.717) is 0 Å². The predicted octanol–water partition coefficient (Wildman–Crippen LogP) is 1.35. The van der Waals surface area contributed by atoms with E-state index in [-0.39, 0.29) is 11.7 Å². The van der Waals surface area contributed by atoms with Crippen LogP contribution in [0.3, 0.4) is 0 Å². The van der Waals surface area contributed by atoms with Gasteiger partial charge in [-0.3, -0.25) is 4.72 Å². The highest BCUT2D eigenvalue weighted by Crippen LogP contribution is 2.08. The Morgan fingerprint density at radius 1 is 1.25 bits per heavy atom. The van der Waals surface area contributed by atoms with Crippen LogP contribution in [-0.4, -0.2) is 18.4 Å². The van der Waals surface area contributed by atoms with E-state index in [0.717, 1.165) is 5.56 Å². The molecule has 1 aromatic heterocycles. The Morgan fingerprint density at radius 3 is 2.62 bits per heavy atom. The van der Waals surface area contributed by atoms with E-state index in [1.165, 1.54) is 6.20 Å². The van der Waals surface area contributed by atoms with Crippen LogP contribution in [0.2, 0.25) is 0 Å². The van der Waals surface area contributed by atoms with Crippen molar-refractivity contribution in [2.45, 2.75) is 5.75 Å². The van der Waals surface area contributed by atoms with Crippen molar-refractivity contribution in [3.8, 4) is 0 Å². The first-order chi connectivity index (χ1) is 7.66. The summed E-state index contributed by atoms with van der Waals surface area (Å²) < 4.78 is 25.7. The Hall–Kier alpha value is -1.82. The molecule has 0 atom stereocenters. The van der Waals surface area contributed by atoms with Crippen LogP contribution in [-0.2, 0) is 15.8 Å². The topological polar surface area (TPSA) is 74.8 Å². The van der Waals surface area contributed by atoms with E-state index in [9.17, 15) is 8.42 Å². The molecule has 0 bridgehead atoms. The lowest BCUT2D eigenvalue weighted by atomic mass is 10.2. The van der Waals surface area contributed by atoms with Gasteiger partial charge in [-0.1, -0.05) is 30.3 Å². The molecular weight excluding hydrogens is 226 g/mol. The average Bonchev–Trinajstić information content (AvgIpc) is 2.70. The zero-order valence-electron chi connectivity index (χ0n) is 8.42. The molecule has 2 N–H and O–H groups in total. The maximum atomic E-state index is 11.7. The molecule has 2 aromatic rings. The third-order valence-corrected chi connectivity index (χ3v) is 3.17. The van der Waals surface area contributed by atoms with Gasteiger partial charge in [-0.2, -0.15) is 0 Å². The molecule has 0 saturated carbocycles. The molecule has 0 aliphatic rings. The van der Waals surface area contributed by atoms with Gasteiger partial charge in [-0.15, -0.1) is 0 Å². The standard InChI is InChI=1S/C10H11N3O2S/c14-16(15,13-10-11-6-7-12-10)8-9-4-2-1-3-5-9/h1-7H,8H2,(H2,11,12,13). The second-order valence-electron chi connectivity index (χ2n) is 3.28. The number of nitrogens with one attached hydrogen (secondary N) is 2. The van der Waals surface area contributed by atoms with Crippen molar-refractivity contribution in [1.82, 2.24) is 9.97 Å². The Morgan fingerprint density at radius 2 is 2.00 bits per heavy atom. The first-order valence-corrected chi connectivity index (χ1v) is 6.35. The average molecular weight is 237 g/mol. The van der Waals surface area contributed by atoms with Crippen molar-refractivity contribution in [2.75, 3.05) is 4.72 Å². The maximum Gasteiger partial charge on any atom is 0.239 e. The number of anilines is 1. The molecule has 0 aliphatic carbocycles. The molecule has 0 aliphatic heterocycles. The molecule has 6 heteroatoms. The van der Waals surface area contributed by atoms with Crippen molar-refractivity contribution < 1.29 is 8.42 Å². The molecule has 0 unspecified atom stereocenters. The molecule has 5 nitrogen and oxygen atoms in total. The van der Waals surface area contributed by atoms with Gasteiger partial charge >= 0.3 is 0 Å². The fraction of sp³-hybridized carbons (Fsp3) is 0.100. The van der Waals surface area contributed by atoms with Gasteiger partial charge in [0.25, 0.3) is 0 Å². The SMILES string of the molecule is O=S(=O)(Cc1ccccc1)Nc1ncc[nH]1. The summed E-state index contributed by atoms with van der Waals surface area (Å²) in [6, 6.07) is 8.98. The van der Waals surface area contributed by atoms with Gasteiger partial charge in [0.05, 0.1) is 5.75 Å². The summed E-state index contributed by atoms with van der Waals surface area (Å²) in [5, 5.41) is 0. The van der Waals surface area contributed by atoms with Crippen molar-refractivity contribution in [2.24, 2.45) is 0 Å². The van der Waals surface area contributed by atoms with E-state index in [4.69, 9.17) is 0 Å². The van der Waals surface area contributed by atoms with Gasteiger partial charge in [0.2, 0.25) is 16.0 Å². The molecule has 16 heavy (non-hydrogen) atoms. The summed E-state index contributed by atoms with van der Waals surface area (Å²) in [7, 11) is -3.40. The lowest BCUT2D eigenvalue weighted by molar-refractivity contribution is 0.600. The second-order valence-corrected chi connectivity index (χ2v) is 5.01. The largest absolute Gasteiger partial charge is 0.330 e. The number of sulfonamides is 1. The highest BCUT2D eigenvalue weighted by Gasteiger charge is 2.12. The Balaban J connectivity index is 2.09. The van der Waals surface area contributed by atoms with Crippen LogP contribution >= 0.6 is 0 Å². The lowest BCUT2D eigenvalue weighted by Gasteiger charge is -2.04. The zero-order chi connectivity index (χ0) is 11.4. The van der Waals surface area contributed by atoms with Gasteiger partial charge < -0.3 is 4.98 Å². The van der Waals surface area contributed by atoms with E-state index in [1.54, 1.807) is 30.5 Å². The third-order valence-electron chi connectivity index (χ3n) is 1.95. The van der Waals surface area contributed by atoms with E-state index >= 15 is 0 Å². The molecule has 2 rings (SSSR count). The third kappa shape index (κ3) is 2.83. The number of aromatic nitrogens is 2. The minimum Gasteiger partial charge on any atom is -0.330 e. The van der Waals surface area contributed by atoms with Gasteiger partial charge in [-0.25, -0.2) is 13.4 Å². The molecule has 0 fully saturated rings. The van der Waals surface area contributed by atoms with Crippen LogP contribution in [0.25, 0.3) is 0 Å². The Labute approximate surface area is 93.6 Å². The van der Waals surface area contributed by atoms with Crippen LogP contribution in [0, 0.1) is 0 Å². The summed E-state index contributed by atoms with van der Waals surface area (Å²) in [6.45, 7) is 0. The van der Waals surface area contributed by atoms with E-state index < -0.39 is 10.0 Å². The van der Waals surface area contributed by atoms with Crippen molar-refractivity contribution >= 4 is 16.0 Å². The van der Waals surface area contributed by atoms with Crippen LogP contribution < -0.4 is 4.72 Å². The maximum absolute atomic E-state index is 11.7. The number of hydrogen-bond donors (Lipinski definition) is 2.